The van der Waals surface area contributed by atoms with Crippen molar-refractivity contribution in [1.82, 2.24) is 15.2 Å². The van der Waals surface area contributed by atoms with Gasteiger partial charge >= 0.3 is 0 Å². The molecule has 1 fully saturated rings. The van der Waals surface area contributed by atoms with Crippen molar-refractivity contribution in [3.8, 4) is 0 Å². The van der Waals surface area contributed by atoms with Gasteiger partial charge in [-0.3, -0.25) is 16.0 Å². The van der Waals surface area contributed by atoms with Crippen molar-refractivity contribution in [1.29, 1.82) is 0 Å². The van der Waals surface area contributed by atoms with Crippen LogP contribution in [0.3, 0.4) is 0 Å². The zero-order valence-corrected chi connectivity index (χ0v) is 11.5. The molecule has 4 heteroatoms. The molecule has 1 aromatic heterocycles. The van der Waals surface area contributed by atoms with Crippen LogP contribution in [-0.2, 0) is 13.0 Å². The topological polar surface area (TPSA) is 55.9 Å². The quantitative estimate of drug-likeness (QED) is 0.639. The molecule has 0 radical (unpaired) electrons. The largest absolute Gasteiger partial charge is 0.271 e. The van der Waals surface area contributed by atoms with Crippen molar-refractivity contribution in [3.63, 3.8) is 0 Å². The minimum atomic E-state index is 0.359. The number of aromatic nitrogens is 2. The van der Waals surface area contributed by atoms with Crippen LogP contribution < -0.4 is 11.3 Å². The lowest BCUT2D eigenvalue weighted by Crippen LogP contribution is -2.45. The van der Waals surface area contributed by atoms with Gasteiger partial charge in [0.05, 0.1) is 11.2 Å². The van der Waals surface area contributed by atoms with Gasteiger partial charge in [0.1, 0.15) is 0 Å². The van der Waals surface area contributed by atoms with Gasteiger partial charge in [0, 0.05) is 24.4 Å². The maximum atomic E-state index is 5.73. The van der Waals surface area contributed by atoms with E-state index in [-0.39, 0.29) is 0 Å². The summed E-state index contributed by atoms with van der Waals surface area (Å²) in [7, 11) is 0. The Morgan fingerprint density at radius 1 is 1.42 bits per heavy atom. The number of para-hydroxylation sites is 1. The minimum Gasteiger partial charge on any atom is -0.271 e. The molecule has 1 heterocycles. The average molecular weight is 258 g/mol. The van der Waals surface area contributed by atoms with Gasteiger partial charge < -0.3 is 0 Å². The number of aryl methyl sites for hydroxylation is 1. The SMILES string of the molecule is CCn1nc(CC(NN)C2CCC2)c2ccccc21. The highest BCUT2D eigenvalue weighted by atomic mass is 15.3. The summed E-state index contributed by atoms with van der Waals surface area (Å²) in [5.74, 6) is 6.45. The van der Waals surface area contributed by atoms with E-state index < -0.39 is 0 Å². The van der Waals surface area contributed by atoms with E-state index in [4.69, 9.17) is 10.9 Å². The van der Waals surface area contributed by atoms with E-state index in [2.05, 4.69) is 41.3 Å². The molecule has 1 unspecified atom stereocenters. The average Bonchev–Trinajstić information content (AvgIpc) is 2.74. The normalized spacial score (nSPS) is 17.6. The second-order valence-corrected chi connectivity index (χ2v) is 5.45. The van der Waals surface area contributed by atoms with Crippen molar-refractivity contribution >= 4 is 10.9 Å². The molecule has 3 rings (SSSR count). The van der Waals surface area contributed by atoms with Crippen LogP contribution in [0.5, 0.6) is 0 Å². The number of hydrazine groups is 1. The molecule has 4 nitrogen and oxygen atoms in total. The third-order valence-electron chi connectivity index (χ3n) is 4.38. The zero-order valence-electron chi connectivity index (χ0n) is 11.5. The number of benzene rings is 1. The lowest BCUT2D eigenvalue weighted by molar-refractivity contribution is 0.227. The summed E-state index contributed by atoms with van der Waals surface area (Å²) >= 11 is 0. The predicted octanol–water partition coefficient (Wildman–Crippen LogP) is 2.23. The molecule has 1 atom stereocenters. The van der Waals surface area contributed by atoms with Crippen molar-refractivity contribution in [2.75, 3.05) is 0 Å². The Hall–Kier alpha value is -1.39. The number of fused-ring (bicyclic) bond motifs is 1. The van der Waals surface area contributed by atoms with Crippen LogP contribution in [0.15, 0.2) is 24.3 Å². The van der Waals surface area contributed by atoms with Crippen molar-refractivity contribution in [2.24, 2.45) is 11.8 Å². The van der Waals surface area contributed by atoms with E-state index >= 15 is 0 Å². The zero-order chi connectivity index (χ0) is 13.2. The second-order valence-electron chi connectivity index (χ2n) is 5.45. The first kappa shape index (κ1) is 12.6. The lowest BCUT2D eigenvalue weighted by Gasteiger charge is -2.33. The number of hydrogen-bond donors (Lipinski definition) is 2. The molecule has 1 aromatic carbocycles. The van der Waals surface area contributed by atoms with Gasteiger partial charge in [0.25, 0.3) is 0 Å². The third kappa shape index (κ3) is 2.26. The molecule has 0 bridgehead atoms. The fourth-order valence-electron chi connectivity index (χ4n) is 3.00. The van der Waals surface area contributed by atoms with Crippen LogP contribution in [-0.4, -0.2) is 15.8 Å². The summed E-state index contributed by atoms with van der Waals surface area (Å²) in [6, 6.07) is 8.82. The van der Waals surface area contributed by atoms with E-state index in [0.717, 1.165) is 18.9 Å². The number of hydrogen-bond acceptors (Lipinski definition) is 3. The molecule has 1 aliphatic carbocycles. The second kappa shape index (κ2) is 5.31. The van der Waals surface area contributed by atoms with Crippen LogP contribution in [0.4, 0.5) is 0 Å². The summed E-state index contributed by atoms with van der Waals surface area (Å²) in [5, 5.41) is 6.02. The Balaban J connectivity index is 1.91. The maximum Gasteiger partial charge on any atom is 0.0719 e. The molecule has 0 saturated heterocycles. The van der Waals surface area contributed by atoms with Crippen molar-refractivity contribution in [2.45, 2.75) is 45.2 Å². The Kier molecular flexibility index (Phi) is 3.53. The molecule has 0 aliphatic heterocycles. The fraction of sp³-hybridized carbons (Fsp3) is 0.533. The Morgan fingerprint density at radius 2 is 2.21 bits per heavy atom. The Morgan fingerprint density at radius 3 is 2.84 bits per heavy atom. The fourth-order valence-corrected chi connectivity index (χ4v) is 3.00. The van der Waals surface area contributed by atoms with E-state index in [1.807, 2.05) is 0 Å². The number of nitrogens with two attached hydrogens (primary N) is 1. The monoisotopic (exact) mass is 258 g/mol. The van der Waals surface area contributed by atoms with Gasteiger partial charge in [-0.15, -0.1) is 0 Å². The van der Waals surface area contributed by atoms with Gasteiger partial charge in [-0.25, -0.2) is 0 Å². The van der Waals surface area contributed by atoms with Crippen LogP contribution >= 0.6 is 0 Å². The summed E-state index contributed by atoms with van der Waals surface area (Å²) in [4.78, 5) is 0. The first-order valence-corrected chi connectivity index (χ1v) is 7.24. The highest BCUT2D eigenvalue weighted by molar-refractivity contribution is 5.82. The Labute approximate surface area is 113 Å². The van der Waals surface area contributed by atoms with Gasteiger partial charge in [-0.05, 0) is 31.7 Å². The third-order valence-corrected chi connectivity index (χ3v) is 4.38. The smallest absolute Gasteiger partial charge is 0.0719 e. The standard InChI is InChI=1S/C15H22N4/c1-2-19-15-9-4-3-8-12(15)14(18-19)10-13(17-16)11-6-5-7-11/h3-4,8-9,11,13,17H,2,5-7,10,16H2,1H3. The van der Waals surface area contributed by atoms with E-state index in [1.54, 1.807) is 0 Å². The molecular weight excluding hydrogens is 236 g/mol. The van der Waals surface area contributed by atoms with Crippen LogP contribution in [0.2, 0.25) is 0 Å². The minimum absolute atomic E-state index is 0.359. The van der Waals surface area contributed by atoms with Gasteiger partial charge in [-0.2, -0.15) is 5.10 Å². The predicted molar refractivity (Wildman–Crippen MR) is 77.6 cm³/mol. The van der Waals surface area contributed by atoms with Crippen LogP contribution in [0.1, 0.15) is 31.9 Å². The highest BCUT2D eigenvalue weighted by Crippen LogP contribution is 2.31. The summed E-state index contributed by atoms with van der Waals surface area (Å²) in [6.07, 6.45) is 4.85. The summed E-state index contributed by atoms with van der Waals surface area (Å²) in [5.41, 5.74) is 5.39. The number of rotatable bonds is 5. The lowest BCUT2D eigenvalue weighted by atomic mass is 9.78. The van der Waals surface area contributed by atoms with Gasteiger partial charge in [0.15, 0.2) is 0 Å². The van der Waals surface area contributed by atoms with E-state index in [0.29, 0.717) is 6.04 Å². The molecule has 1 aliphatic rings. The number of nitrogens with zero attached hydrogens (tertiary/aromatic N) is 2. The number of nitrogens with one attached hydrogen (secondary N) is 1. The highest BCUT2D eigenvalue weighted by Gasteiger charge is 2.27. The molecule has 0 spiro atoms. The van der Waals surface area contributed by atoms with Crippen LogP contribution in [0, 0.1) is 5.92 Å². The molecule has 102 valence electrons. The molecule has 2 aromatic rings. The van der Waals surface area contributed by atoms with Crippen molar-refractivity contribution in [3.05, 3.63) is 30.0 Å². The van der Waals surface area contributed by atoms with Gasteiger partial charge in [-0.1, -0.05) is 24.6 Å². The molecule has 0 amide bonds. The Bertz CT molecular complexity index is 556. The van der Waals surface area contributed by atoms with Crippen LogP contribution in [0.25, 0.3) is 10.9 Å². The molecule has 3 N–H and O–H groups in total. The van der Waals surface area contributed by atoms with Gasteiger partial charge in [0.2, 0.25) is 0 Å². The van der Waals surface area contributed by atoms with Crippen molar-refractivity contribution < 1.29 is 0 Å². The first-order valence-electron chi connectivity index (χ1n) is 7.24. The summed E-state index contributed by atoms with van der Waals surface area (Å²) < 4.78 is 2.08. The molecule has 1 saturated carbocycles. The molecular formula is C15H22N4. The van der Waals surface area contributed by atoms with E-state index in [1.165, 1.54) is 35.9 Å². The maximum absolute atomic E-state index is 5.73. The van der Waals surface area contributed by atoms with E-state index in [9.17, 15) is 0 Å². The summed E-state index contributed by atoms with van der Waals surface area (Å²) in [6.45, 7) is 3.04. The first-order chi connectivity index (χ1) is 9.33. The molecule has 19 heavy (non-hydrogen) atoms.